The van der Waals surface area contributed by atoms with Gasteiger partial charge in [0, 0.05) is 65.5 Å². The number of aromatic nitrogens is 7. The molecule has 0 saturated heterocycles. The summed E-state index contributed by atoms with van der Waals surface area (Å²) in [6, 6.07) is 14.0. The van der Waals surface area contributed by atoms with Crippen molar-refractivity contribution >= 4 is 56.6 Å². The summed E-state index contributed by atoms with van der Waals surface area (Å²) in [5, 5.41) is 16.8. The summed E-state index contributed by atoms with van der Waals surface area (Å²) in [4.78, 5) is 18.6. The molecule has 10 nitrogen and oxygen atoms in total. The number of hydrogen-bond donors (Lipinski definition) is 0. The topological polar surface area (TPSA) is 87.9 Å². The van der Waals surface area contributed by atoms with Gasteiger partial charge in [-0.2, -0.15) is 20.1 Å². The summed E-state index contributed by atoms with van der Waals surface area (Å²) in [7, 11) is 3.96. The Bertz CT molecular complexity index is 2520. The van der Waals surface area contributed by atoms with Gasteiger partial charge in [-0.1, -0.05) is 29.3 Å². The van der Waals surface area contributed by atoms with Gasteiger partial charge in [0.15, 0.2) is 0 Å². The number of fused-ring (bicyclic) bond motifs is 4. The number of carbonyl (C=O) groups is 1. The average molecular weight is 736 g/mol. The normalized spacial score (nSPS) is 14.6. The van der Waals surface area contributed by atoms with Crippen LogP contribution in [0.4, 0.5) is 5.69 Å². The van der Waals surface area contributed by atoms with E-state index in [9.17, 15) is 0 Å². The molecule has 0 saturated carbocycles. The molecule has 7 aromatic rings. The number of anilines is 1. The summed E-state index contributed by atoms with van der Waals surface area (Å²) >= 11 is 13.5. The van der Waals surface area contributed by atoms with Gasteiger partial charge in [0.05, 0.1) is 52.1 Å². The fourth-order valence-corrected chi connectivity index (χ4v) is 8.34. The van der Waals surface area contributed by atoms with Crippen molar-refractivity contribution in [1.29, 1.82) is 0 Å². The second kappa shape index (κ2) is 12.9. The van der Waals surface area contributed by atoms with Gasteiger partial charge < -0.3 is 18.8 Å². The minimum absolute atomic E-state index is 0.0500. The first kappa shape index (κ1) is 34.0. The van der Waals surface area contributed by atoms with Gasteiger partial charge in [0.25, 0.3) is 5.91 Å². The van der Waals surface area contributed by atoms with Crippen LogP contribution < -0.4 is 9.64 Å². The zero-order chi connectivity index (χ0) is 36.6. The number of hydrogen-bond acceptors (Lipinski definition) is 5. The number of halogens is 2. The lowest BCUT2D eigenvalue weighted by Crippen LogP contribution is -2.42. The van der Waals surface area contributed by atoms with Crippen LogP contribution in [0.15, 0.2) is 61.1 Å². The fraction of sp³-hybridized carbons (Fsp3) is 0.300. The van der Waals surface area contributed by atoms with E-state index in [1.165, 1.54) is 0 Å². The van der Waals surface area contributed by atoms with E-state index in [0.717, 1.165) is 83.2 Å². The molecule has 266 valence electrons. The third-order valence-electron chi connectivity index (χ3n) is 10.5. The van der Waals surface area contributed by atoms with E-state index in [1.807, 2.05) is 81.0 Å². The molecule has 1 aliphatic heterocycles. The smallest absolute Gasteiger partial charge is 0.275 e. The maximum Gasteiger partial charge on any atom is 0.275 e. The van der Waals surface area contributed by atoms with Gasteiger partial charge in [-0.15, -0.1) is 0 Å². The van der Waals surface area contributed by atoms with E-state index in [2.05, 4.69) is 45.3 Å². The number of ether oxygens (including phenoxy) is 1. The molecule has 4 aromatic heterocycles. The van der Waals surface area contributed by atoms with Crippen molar-refractivity contribution in [2.24, 2.45) is 14.1 Å². The lowest BCUT2D eigenvalue weighted by molar-refractivity contribution is 0.0957. The zero-order valence-electron chi connectivity index (χ0n) is 30.3. The van der Waals surface area contributed by atoms with Crippen LogP contribution in [-0.2, 0) is 20.5 Å². The Morgan fingerprint density at radius 1 is 0.923 bits per heavy atom. The van der Waals surface area contributed by atoms with Crippen LogP contribution in [0.3, 0.4) is 0 Å². The third kappa shape index (κ3) is 5.38. The summed E-state index contributed by atoms with van der Waals surface area (Å²) in [6.45, 7) is 11.2. The van der Waals surface area contributed by atoms with Crippen molar-refractivity contribution in [2.45, 2.75) is 53.5 Å². The molecule has 0 fully saturated rings. The molecule has 0 aliphatic carbocycles. The van der Waals surface area contributed by atoms with Crippen LogP contribution in [0, 0.1) is 27.7 Å². The number of carbonyl (C=O) groups excluding carboxylic acids is 1. The largest absolute Gasteiger partial charge is 0.494 e. The Morgan fingerprint density at radius 2 is 1.65 bits per heavy atom. The highest BCUT2D eigenvalue weighted by Crippen LogP contribution is 2.45. The molecule has 0 unspecified atom stereocenters. The van der Waals surface area contributed by atoms with Gasteiger partial charge in [-0.3, -0.25) is 9.48 Å². The van der Waals surface area contributed by atoms with Crippen molar-refractivity contribution in [2.75, 3.05) is 18.1 Å². The lowest BCUT2D eigenvalue weighted by Gasteiger charge is -2.34. The molecule has 1 amide bonds. The maximum absolute atomic E-state index is 15.1. The van der Waals surface area contributed by atoms with Crippen LogP contribution >= 0.6 is 23.2 Å². The first-order chi connectivity index (χ1) is 24.9. The number of aryl methyl sites for hydroxylation is 6. The highest BCUT2D eigenvalue weighted by atomic mass is 35.5. The van der Waals surface area contributed by atoms with Crippen molar-refractivity contribution < 1.29 is 9.53 Å². The van der Waals surface area contributed by atoms with Crippen molar-refractivity contribution in [3.05, 3.63) is 105 Å². The number of rotatable bonds is 8. The molecule has 5 heterocycles. The van der Waals surface area contributed by atoms with E-state index in [-0.39, 0.29) is 11.9 Å². The monoisotopic (exact) mass is 734 g/mol. The summed E-state index contributed by atoms with van der Waals surface area (Å²) in [5.41, 5.74) is 11.1. The summed E-state index contributed by atoms with van der Waals surface area (Å²) < 4.78 is 12.4. The SMILES string of the molecule is Cc1cc(OCCCc2c3n(c4c(-c5c(C)nn(C)c5C)c(Cl)ccc24)[C@H](C)CN(c2cn(C)c4ccc(-n5nccn5)cc24)C3=O)cc(C)c1Cl. The first-order valence-electron chi connectivity index (χ1n) is 17.5. The van der Waals surface area contributed by atoms with E-state index in [4.69, 9.17) is 33.0 Å². The van der Waals surface area contributed by atoms with Crippen LogP contribution in [-0.4, -0.2) is 53.0 Å². The van der Waals surface area contributed by atoms with Crippen LogP contribution in [0.2, 0.25) is 10.0 Å². The Kier molecular flexibility index (Phi) is 8.42. The molecule has 0 spiro atoms. The number of amides is 1. The Balaban J connectivity index is 1.26. The van der Waals surface area contributed by atoms with E-state index in [1.54, 1.807) is 17.2 Å². The van der Waals surface area contributed by atoms with E-state index in [0.29, 0.717) is 36.7 Å². The minimum atomic E-state index is -0.0686. The summed E-state index contributed by atoms with van der Waals surface area (Å²) in [5.74, 6) is 0.738. The van der Waals surface area contributed by atoms with Gasteiger partial charge in [0.2, 0.25) is 0 Å². The van der Waals surface area contributed by atoms with Gasteiger partial charge >= 0.3 is 0 Å². The standard InChI is InChI=1S/C40H40Cl2N8O2/c1-22-17-28(18-23(2)37(22)42)52-16-8-9-29-30-11-12-32(41)36(35-25(4)45-47(7)26(35)5)38(30)49-24(3)20-48(40(51)39(29)49)34-21-46(6)33-13-10-27(19-31(33)34)50-43-14-15-44-50/h10-15,17-19,21,24H,8-9,16,20H2,1-7H3/t24-/m1/s1. The predicted octanol–water partition coefficient (Wildman–Crippen LogP) is 8.89. The quantitative estimate of drug-likeness (QED) is 0.146. The number of nitrogens with zero attached hydrogens (tertiary/aromatic N) is 8. The van der Waals surface area contributed by atoms with Gasteiger partial charge in [0.1, 0.15) is 11.4 Å². The minimum Gasteiger partial charge on any atom is -0.494 e. The molecular formula is C40H40Cl2N8O2. The molecule has 12 heteroatoms. The molecule has 52 heavy (non-hydrogen) atoms. The van der Waals surface area contributed by atoms with Crippen LogP contribution in [0.25, 0.3) is 38.6 Å². The molecule has 0 bridgehead atoms. The van der Waals surface area contributed by atoms with Crippen LogP contribution in [0.5, 0.6) is 5.75 Å². The third-order valence-corrected chi connectivity index (χ3v) is 11.4. The first-order valence-corrected chi connectivity index (χ1v) is 18.2. The molecular weight excluding hydrogens is 695 g/mol. The molecule has 0 N–H and O–H groups in total. The van der Waals surface area contributed by atoms with Crippen molar-refractivity contribution in [1.82, 2.24) is 33.9 Å². The Labute approximate surface area is 312 Å². The fourth-order valence-electron chi connectivity index (χ4n) is 7.98. The molecule has 1 aliphatic rings. The van der Waals surface area contributed by atoms with E-state index >= 15 is 4.79 Å². The van der Waals surface area contributed by atoms with Gasteiger partial charge in [-0.25, -0.2) is 0 Å². The predicted molar refractivity (Wildman–Crippen MR) is 208 cm³/mol. The molecule has 1 atom stereocenters. The van der Waals surface area contributed by atoms with Crippen molar-refractivity contribution in [3.8, 4) is 22.6 Å². The summed E-state index contributed by atoms with van der Waals surface area (Å²) in [6.07, 6.45) is 6.69. The zero-order valence-corrected chi connectivity index (χ0v) is 31.8. The highest BCUT2D eigenvalue weighted by Gasteiger charge is 2.37. The molecule has 8 rings (SSSR count). The van der Waals surface area contributed by atoms with Crippen molar-refractivity contribution in [3.63, 3.8) is 0 Å². The molecule has 0 radical (unpaired) electrons. The second-order valence-electron chi connectivity index (χ2n) is 13.9. The Morgan fingerprint density at radius 3 is 2.35 bits per heavy atom. The number of benzene rings is 3. The maximum atomic E-state index is 15.1. The Hall–Kier alpha value is -5.06. The average Bonchev–Trinajstić information content (AvgIpc) is 3.89. The second-order valence-corrected chi connectivity index (χ2v) is 14.7. The van der Waals surface area contributed by atoms with E-state index < -0.39 is 0 Å². The van der Waals surface area contributed by atoms with Gasteiger partial charge in [-0.05, 0) is 101 Å². The highest BCUT2D eigenvalue weighted by molar-refractivity contribution is 6.35. The lowest BCUT2D eigenvalue weighted by atomic mass is 9.98. The molecule has 3 aromatic carbocycles. The van der Waals surface area contributed by atoms with Crippen LogP contribution in [0.1, 0.15) is 58.0 Å².